The topological polar surface area (TPSA) is 63.3 Å². The van der Waals surface area contributed by atoms with Gasteiger partial charge in [-0.2, -0.15) is 0 Å². The highest BCUT2D eigenvalue weighted by Crippen LogP contribution is 2.33. The van der Waals surface area contributed by atoms with Gasteiger partial charge in [0.25, 0.3) is 0 Å². The average Bonchev–Trinajstić information content (AvgIpc) is 3.17. The van der Waals surface area contributed by atoms with E-state index in [-0.39, 0.29) is 5.76 Å². The maximum Gasteiger partial charge on any atom is 0.115 e. The van der Waals surface area contributed by atoms with Gasteiger partial charge >= 0.3 is 0 Å². The van der Waals surface area contributed by atoms with Crippen LogP contribution in [0.15, 0.2) is 84.3 Å². The van der Waals surface area contributed by atoms with E-state index in [0.717, 1.165) is 44.7 Å². The van der Waals surface area contributed by atoms with Crippen molar-refractivity contribution in [2.24, 2.45) is 4.99 Å². The number of hydrogen-bond donors (Lipinski definition) is 1. The first kappa shape index (κ1) is 22.2. The van der Waals surface area contributed by atoms with Gasteiger partial charge in [0.05, 0.1) is 23.3 Å². The summed E-state index contributed by atoms with van der Waals surface area (Å²) in [6.45, 7) is 10.5. The predicted octanol–water partition coefficient (Wildman–Crippen LogP) is 6.56. The van der Waals surface area contributed by atoms with Crippen LogP contribution in [0.1, 0.15) is 37.6 Å². The molecule has 3 heterocycles. The zero-order valence-corrected chi connectivity index (χ0v) is 19.5. The van der Waals surface area contributed by atoms with Gasteiger partial charge in [-0.3, -0.25) is 15.0 Å². The van der Waals surface area contributed by atoms with Crippen LogP contribution in [0.3, 0.4) is 0 Å². The SMILES string of the molecule is C=C(O)c1ccc(-c2cn(Cc3ccccn3)c3cc(C(=C(C)C)/C(C)=N\C)cnc23)cc1. The summed E-state index contributed by atoms with van der Waals surface area (Å²) in [6, 6.07) is 15.9. The standard InChI is InChI=1S/C28H28N4O/c1-18(2)27(19(3)29-5)23-14-26-28(31-15-23)25(22-11-9-21(10-12-22)20(4)33)17-32(26)16-24-8-6-7-13-30-24/h6-15,17,33H,4,16H2,1-3,5H3/b29-19-. The van der Waals surface area contributed by atoms with Crippen molar-refractivity contribution >= 4 is 28.1 Å². The Bertz CT molecular complexity index is 1370. The number of aliphatic hydroxyl groups excluding tert-OH is 1. The fourth-order valence-electron chi connectivity index (χ4n) is 4.12. The summed E-state index contributed by atoms with van der Waals surface area (Å²) in [6.07, 6.45) is 5.87. The minimum Gasteiger partial charge on any atom is -0.508 e. The van der Waals surface area contributed by atoms with Crippen LogP contribution in [0.5, 0.6) is 0 Å². The van der Waals surface area contributed by atoms with Crippen molar-refractivity contribution in [3.05, 3.63) is 96.1 Å². The monoisotopic (exact) mass is 436 g/mol. The van der Waals surface area contributed by atoms with Crippen LogP contribution in [0.2, 0.25) is 0 Å². The number of rotatable bonds is 6. The molecule has 5 heteroatoms. The maximum absolute atomic E-state index is 9.69. The number of nitrogens with zero attached hydrogens (tertiary/aromatic N) is 4. The smallest absolute Gasteiger partial charge is 0.115 e. The van der Waals surface area contributed by atoms with E-state index >= 15 is 0 Å². The van der Waals surface area contributed by atoms with Crippen molar-refractivity contribution in [3.8, 4) is 11.1 Å². The summed E-state index contributed by atoms with van der Waals surface area (Å²) in [5.41, 5.74) is 10.0. The third-order valence-electron chi connectivity index (χ3n) is 5.79. The third-order valence-corrected chi connectivity index (χ3v) is 5.79. The van der Waals surface area contributed by atoms with E-state index in [1.807, 2.05) is 68.8 Å². The Labute approximate surface area is 194 Å². The van der Waals surface area contributed by atoms with Gasteiger partial charge < -0.3 is 9.67 Å². The lowest BCUT2D eigenvalue weighted by molar-refractivity contribution is 0.514. The molecule has 4 aromatic rings. The van der Waals surface area contributed by atoms with Crippen molar-refractivity contribution in [3.63, 3.8) is 0 Å². The first-order chi connectivity index (χ1) is 15.9. The van der Waals surface area contributed by atoms with Gasteiger partial charge in [-0.15, -0.1) is 0 Å². The van der Waals surface area contributed by atoms with Crippen LogP contribution in [-0.4, -0.2) is 32.4 Å². The fraction of sp³-hybridized carbons (Fsp3) is 0.179. The molecule has 1 aromatic carbocycles. The van der Waals surface area contributed by atoms with Crippen molar-refractivity contribution in [2.75, 3.05) is 7.05 Å². The van der Waals surface area contributed by atoms with Gasteiger partial charge in [0, 0.05) is 53.6 Å². The Hall–Kier alpha value is -3.99. The Morgan fingerprint density at radius 3 is 2.39 bits per heavy atom. The lowest BCUT2D eigenvalue weighted by Gasteiger charge is -2.11. The molecule has 0 aliphatic rings. The van der Waals surface area contributed by atoms with Crippen LogP contribution in [0, 0.1) is 0 Å². The molecule has 0 amide bonds. The first-order valence-corrected chi connectivity index (χ1v) is 10.9. The highest BCUT2D eigenvalue weighted by molar-refractivity contribution is 6.23. The minimum atomic E-state index is 0.0594. The number of aliphatic imine (C=N–C) groups is 1. The summed E-state index contributed by atoms with van der Waals surface area (Å²) in [5, 5.41) is 9.69. The molecule has 0 atom stereocenters. The van der Waals surface area contributed by atoms with Crippen molar-refractivity contribution < 1.29 is 5.11 Å². The molecule has 0 spiro atoms. The second-order valence-corrected chi connectivity index (χ2v) is 8.29. The molecule has 0 unspecified atom stereocenters. The number of aromatic nitrogens is 3. The van der Waals surface area contributed by atoms with E-state index in [9.17, 15) is 5.11 Å². The molecule has 1 N–H and O–H groups in total. The number of hydrogen-bond acceptors (Lipinski definition) is 4. The summed E-state index contributed by atoms with van der Waals surface area (Å²) in [7, 11) is 1.82. The molecule has 0 aliphatic heterocycles. The van der Waals surface area contributed by atoms with Gasteiger partial charge in [-0.1, -0.05) is 42.5 Å². The molecule has 0 saturated heterocycles. The highest BCUT2D eigenvalue weighted by Gasteiger charge is 2.16. The minimum absolute atomic E-state index is 0.0594. The number of allylic oxidation sites excluding steroid dienone is 2. The second kappa shape index (κ2) is 9.25. The van der Waals surface area contributed by atoms with Gasteiger partial charge in [0.15, 0.2) is 0 Å². The molecule has 0 bridgehead atoms. The highest BCUT2D eigenvalue weighted by atomic mass is 16.3. The van der Waals surface area contributed by atoms with E-state index < -0.39 is 0 Å². The van der Waals surface area contributed by atoms with Crippen LogP contribution in [0.4, 0.5) is 0 Å². The third kappa shape index (κ3) is 4.48. The quantitative estimate of drug-likeness (QED) is 0.275. The summed E-state index contributed by atoms with van der Waals surface area (Å²) >= 11 is 0. The largest absolute Gasteiger partial charge is 0.508 e. The van der Waals surface area contributed by atoms with E-state index in [1.165, 1.54) is 5.57 Å². The molecule has 33 heavy (non-hydrogen) atoms. The van der Waals surface area contributed by atoms with Crippen LogP contribution < -0.4 is 0 Å². The molecule has 3 aromatic heterocycles. The Balaban J connectivity index is 1.91. The first-order valence-electron chi connectivity index (χ1n) is 10.9. The fourth-order valence-corrected chi connectivity index (χ4v) is 4.12. The lowest BCUT2D eigenvalue weighted by Crippen LogP contribution is -2.02. The average molecular weight is 437 g/mol. The maximum atomic E-state index is 9.69. The van der Waals surface area contributed by atoms with E-state index in [4.69, 9.17) is 4.98 Å². The van der Waals surface area contributed by atoms with E-state index in [1.54, 1.807) is 0 Å². The number of pyridine rings is 2. The molecule has 0 fully saturated rings. The number of benzene rings is 1. The Morgan fingerprint density at radius 2 is 1.79 bits per heavy atom. The van der Waals surface area contributed by atoms with Gasteiger partial charge in [-0.25, -0.2) is 0 Å². The molecular formula is C28H28N4O. The summed E-state index contributed by atoms with van der Waals surface area (Å²) in [4.78, 5) is 13.8. The van der Waals surface area contributed by atoms with Crippen molar-refractivity contribution in [1.29, 1.82) is 0 Å². The summed E-state index contributed by atoms with van der Waals surface area (Å²) < 4.78 is 2.20. The number of fused-ring (bicyclic) bond motifs is 1. The zero-order chi connectivity index (χ0) is 23.5. The van der Waals surface area contributed by atoms with Gasteiger partial charge in [0.2, 0.25) is 0 Å². The van der Waals surface area contributed by atoms with E-state index in [0.29, 0.717) is 12.1 Å². The molecule has 5 nitrogen and oxygen atoms in total. The normalized spacial score (nSPS) is 11.6. The molecule has 166 valence electrons. The van der Waals surface area contributed by atoms with Crippen molar-refractivity contribution in [1.82, 2.24) is 14.5 Å². The molecule has 0 saturated carbocycles. The van der Waals surface area contributed by atoms with E-state index in [2.05, 4.69) is 47.2 Å². The van der Waals surface area contributed by atoms with Crippen LogP contribution in [0.25, 0.3) is 33.5 Å². The lowest BCUT2D eigenvalue weighted by atomic mass is 9.98. The second-order valence-electron chi connectivity index (χ2n) is 8.29. The molecular weight excluding hydrogens is 408 g/mol. The zero-order valence-electron chi connectivity index (χ0n) is 19.5. The predicted molar refractivity (Wildman–Crippen MR) is 137 cm³/mol. The Kier molecular flexibility index (Phi) is 6.22. The number of aliphatic hydroxyl groups is 1. The van der Waals surface area contributed by atoms with Crippen LogP contribution in [-0.2, 0) is 6.54 Å². The van der Waals surface area contributed by atoms with Crippen LogP contribution >= 0.6 is 0 Å². The molecule has 0 aliphatic carbocycles. The van der Waals surface area contributed by atoms with Gasteiger partial charge in [-0.05, 0) is 44.5 Å². The van der Waals surface area contributed by atoms with Gasteiger partial charge in [0.1, 0.15) is 5.76 Å². The summed E-state index contributed by atoms with van der Waals surface area (Å²) in [5.74, 6) is 0.0594. The Morgan fingerprint density at radius 1 is 1.03 bits per heavy atom. The van der Waals surface area contributed by atoms with Crippen molar-refractivity contribution in [2.45, 2.75) is 27.3 Å². The molecule has 4 rings (SSSR count). The molecule has 0 radical (unpaired) electrons.